The lowest BCUT2D eigenvalue weighted by Crippen LogP contribution is -2.29. The van der Waals surface area contributed by atoms with Crippen LogP contribution in [-0.2, 0) is 5.41 Å². The van der Waals surface area contributed by atoms with Gasteiger partial charge >= 0.3 is 0 Å². The molecule has 4 heteroatoms. The van der Waals surface area contributed by atoms with Gasteiger partial charge in [0.2, 0.25) is 0 Å². The Labute approximate surface area is 127 Å². The zero-order valence-electron chi connectivity index (χ0n) is 13.3. The molecule has 0 amide bonds. The second kappa shape index (κ2) is 6.77. The van der Waals surface area contributed by atoms with Gasteiger partial charge in [-0.3, -0.25) is 0 Å². The predicted octanol–water partition coefficient (Wildman–Crippen LogP) is 2.17. The Morgan fingerprint density at radius 1 is 1.38 bits per heavy atom. The molecule has 1 aromatic rings. The van der Waals surface area contributed by atoms with Crippen molar-refractivity contribution < 1.29 is 10.2 Å². The number of benzene rings is 1. The van der Waals surface area contributed by atoms with E-state index >= 15 is 0 Å². The van der Waals surface area contributed by atoms with Gasteiger partial charge in [-0.15, -0.1) is 0 Å². The Morgan fingerprint density at radius 2 is 2.14 bits per heavy atom. The molecule has 21 heavy (non-hydrogen) atoms. The van der Waals surface area contributed by atoms with E-state index < -0.39 is 6.23 Å². The first-order valence-electron chi connectivity index (χ1n) is 7.80. The third-order valence-electron chi connectivity index (χ3n) is 4.03. The van der Waals surface area contributed by atoms with Crippen molar-refractivity contribution in [3.05, 3.63) is 29.8 Å². The number of likely N-dealkylation sites (tertiary alicyclic amines) is 1. The van der Waals surface area contributed by atoms with E-state index in [1.165, 1.54) is 5.56 Å². The third kappa shape index (κ3) is 4.99. The molecule has 0 aliphatic carbocycles. The van der Waals surface area contributed by atoms with E-state index in [0.717, 1.165) is 31.7 Å². The molecule has 1 saturated heterocycles. The summed E-state index contributed by atoms with van der Waals surface area (Å²) in [5, 5.41) is 22.8. The molecule has 1 fully saturated rings. The van der Waals surface area contributed by atoms with Crippen molar-refractivity contribution in [2.45, 2.75) is 51.4 Å². The van der Waals surface area contributed by atoms with E-state index in [2.05, 4.69) is 43.1 Å². The summed E-state index contributed by atoms with van der Waals surface area (Å²) in [5.74, 6) is 0. The van der Waals surface area contributed by atoms with Crippen molar-refractivity contribution in [2.75, 3.05) is 25.0 Å². The quantitative estimate of drug-likeness (QED) is 0.728. The van der Waals surface area contributed by atoms with Gasteiger partial charge in [0, 0.05) is 31.7 Å². The van der Waals surface area contributed by atoms with E-state index in [-0.39, 0.29) is 11.5 Å². The average Bonchev–Trinajstić information content (AvgIpc) is 2.82. The zero-order chi connectivity index (χ0) is 15.5. The summed E-state index contributed by atoms with van der Waals surface area (Å²) in [5.41, 5.74) is 2.31. The topological polar surface area (TPSA) is 55.7 Å². The number of anilines is 1. The Kier molecular flexibility index (Phi) is 5.25. The van der Waals surface area contributed by atoms with Gasteiger partial charge in [-0.2, -0.15) is 0 Å². The average molecular weight is 292 g/mol. The van der Waals surface area contributed by atoms with Gasteiger partial charge in [0.15, 0.2) is 0 Å². The number of nitrogens with zero attached hydrogens (tertiary/aromatic N) is 1. The van der Waals surface area contributed by atoms with Crippen molar-refractivity contribution in [3.8, 4) is 0 Å². The highest BCUT2D eigenvalue weighted by molar-refractivity contribution is 5.47. The third-order valence-corrected chi connectivity index (χ3v) is 4.03. The Balaban J connectivity index is 1.83. The molecule has 2 unspecified atom stereocenters. The van der Waals surface area contributed by atoms with Crippen molar-refractivity contribution in [2.24, 2.45) is 0 Å². The summed E-state index contributed by atoms with van der Waals surface area (Å²) in [4.78, 5) is 2.20. The van der Waals surface area contributed by atoms with Gasteiger partial charge in [-0.1, -0.05) is 32.9 Å². The molecule has 1 aromatic carbocycles. The van der Waals surface area contributed by atoms with Crippen LogP contribution < -0.4 is 5.32 Å². The smallest absolute Gasteiger partial charge is 0.125 e. The van der Waals surface area contributed by atoms with Crippen molar-refractivity contribution in [1.82, 2.24) is 4.90 Å². The van der Waals surface area contributed by atoms with Gasteiger partial charge in [-0.25, -0.2) is 0 Å². The summed E-state index contributed by atoms with van der Waals surface area (Å²) in [6.45, 7) is 9.01. The molecule has 2 rings (SSSR count). The van der Waals surface area contributed by atoms with E-state index in [1.54, 1.807) is 0 Å². The van der Waals surface area contributed by atoms with Crippen LogP contribution in [0.4, 0.5) is 5.69 Å². The minimum Gasteiger partial charge on any atom is -0.392 e. The minimum absolute atomic E-state index is 0.105. The maximum Gasteiger partial charge on any atom is 0.125 e. The minimum atomic E-state index is -0.557. The zero-order valence-corrected chi connectivity index (χ0v) is 13.3. The maximum atomic E-state index is 10.1. The highest BCUT2D eigenvalue weighted by Gasteiger charge is 2.20. The Morgan fingerprint density at radius 3 is 2.76 bits per heavy atom. The largest absolute Gasteiger partial charge is 0.392 e. The van der Waals surface area contributed by atoms with Crippen molar-refractivity contribution >= 4 is 5.69 Å². The monoisotopic (exact) mass is 292 g/mol. The van der Waals surface area contributed by atoms with Gasteiger partial charge in [0.25, 0.3) is 0 Å². The lowest BCUT2D eigenvalue weighted by molar-refractivity contribution is 0.153. The van der Waals surface area contributed by atoms with Gasteiger partial charge in [-0.05, 0) is 29.5 Å². The van der Waals surface area contributed by atoms with Crippen LogP contribution in [0.1, 0.15) is 39.2 Å². The molecule has 0 radical (unpaired) electrons. The molecule has 1 aliphatic heterocycles. The van der Waals surface area contributed by atoms with E-state index in [9.17, 15) is 10.2 Å². The summed E-state index contributed by atoms with van der Waals surface area (Å²) < 4.78 is 0. The van der Waals surface area contributed by atoms with Crippen LogP contribution in [0.3, 0.4) is 0 Å². The number of rotatable bonds is 5. The SMILES string of the molecule is CC(C)(C)c1cccc(NC(O)CCN2CCC(O)C2)c1. The summed E-state index contributed by atoms with van der Waals surface area (Å²) in [6, 6.07) is 8.22. The van der Waals surface area contributed by atoms with Crippen LogP contribution >= 0.6 is 0 Å². The fourth-order valence-electron chi connectivity index (χ4n) is 2.66. The first-order chi connectivity index (χ1) is 9.84. The van der Waals surface area contributed by atoms with Crippen LogP contribution in [0.2, 0.25) is 0 Å². The van der Waals surface area contributed by atoms with E-state index in [4.69, 9.17) is 0 Å². The first-order valence-corrected chi connectivity index (χ1v) is 7.80. The molecular formula is C17H28N2O2. The van der Waals surface area contributed by atoms with Crippen LogP contribution in [-0.4, -0.2) is 47.1 Å². The predicted molar refractivity (Wildman–Crippen MR) is 86.5 cm³/mol. The molecule has 2 atom stereocenters. The lowest BCUT2D eigenvalue weighted by Gasteiger charge is -2.22. The molecule has 0 spiro atoms. The molecule has 1 aliphatic rings. The standard InChI is InChI=1S/C17H28N2O2/c1-17(2,3)13-5-4-6-14(11-13)18-16(21)8-10-19-9-7-15(20)12-19/h4-6,11,15-16,18,20-21H,7-10,12H2,1-3H3. The first kappa shape index (κ1) is 16.3. The van der Waals surface area contributed by atoms with Crippen LogP contribution in [0, 0.1) is 0 Å². The van der Waals surface area contributed by atoms with Crippen LogP contribution in [0.15, 0.2) is 24.3 Å². The molecule has 4 nitrogen and oxygen atoms in total. The van der Waals surface area contributed by atoms with Crippen LogP contribution in [0.5, 0.6) is 0 Å². The molecular weight excluding hydrogens is 264 g/mol. The molecule has 0 aromatic heterocycles. The highest BCUT2D eigenvalue weighted by Crippen LogP contribution is 2.25. The maximum absolute atomic E-state index is 10.1. The number of hydrogen-bond donors (Lipinski definition) is 3. The van der Waals surface area contributed by atoms with E-state index in [0.29, 0.717) is 6.42 Å². The molecule has 118 valence electrons. The Bertz CT molecular complexity index is 456. The number of aliphatic hydroxyl groups excluding tert-OH is 2. The second-order valence-corrected chi connectivity index (χ2v) is 7.02. The molecule has 1 heterocycles. The summed E-state index contributed by atoms with van der Waals surface area (Å²) in [6.07, 6.45) is 0.750. The number of nitrogens with one attached hydrogen (secondary N) is 1. The van der Waals surface area contributed by atoms with Crippen LogP contribution in [0.25, 0.3) is 0 Å². The summed E-state index contributed by atoms with van der Waals surface area (Å²) in [7, 11) is 0. The summed E-state index contributed by atoms with van der Waals surface area (Å²) >= 11 is 0. The second-order valence-electron chi connectivity index (χ2n) is 7.02. The Hall–Kier alpha value is -1.10. The van der Waals surface area contributed by atoms with Gasteiger partial charge < -0.3 is 20.4 Å². The van der Waals surface area contributed by atoms with Crippen molar-refractivity contribution in [1.29, 1.82) is 0 Å². The van der Waals surface area contributed by atoms with Gasteiger partial charge in [0.1, 0.15) is 6.23 Å². The fourth-order valence-corrected chi connectivity index (χ4v) is 2.66. The fraction of sp³-hybridized carbons (Fsp3) is 0.647. The number of β-amino-alcohol motifs (C(OH)–C–C–N with tert-alkyl or cyclic N) is 1. The lowest BCUT2D eigenvalue weighted by atomic mass is 9.87. The van der Waals surface area contributed by atoms with Crippen molar-refractivity contribution in [3.63, 3.8) is 0 Å². The normalized spacial score (nSPS) is 21.5. The number of hydrogen-bond acceptors (Lipinski definition) is 4. The van der Waals surface area contributed by atoms with E-state index in [1.807, 2.05) is 12.1 Å². The molecule has 0 saturated carbocycles. The van der Waals surface area contributed by atoms with Gasteiger partial charge in [0.05, 0.1) is 6.10 Å². The highest BCUT2D eigenvalue weighted by atomic mass is 16.3. The molecule has 3 N–H and O–H groups in total. The number of aliphatic hydroxyl groups is 2. The molecule has 0 bridgehead atoms.